The molecule has 0 spiro atoms. The van der Waals surface area contributed by atoms with E-state index in [1.807, 2.05) is 12.1 Å². The molecule has 2 rings (SSSR count). The molecule has 0 saturated heterocycles. The van der Waals surface area contributed by atoms with Gasteiger partial charge in [0.2, 0.25) is 0 Å². The highest BCUT2D eigenvalue weighted by atomic mass is 35.5. The van der Waals surface area contributed by atoms with Crippen molar-refractivity contribution in [2.75, 3.05) is 5.32 Å². The van der Waals surface area contributed by atoms with E-state index in [9.17, 15) is 10.1 Å². The number of anilines is 1. The van der Waals surface area contributed by atoms with E-state index in [0.29, 0.717) is 17.1 Å². The van der Waals surface area contributed by atoms with E-state index in [-0.39, 0.29) is 5.69 Å². The van der Waals surface area contributed by atoms with Crippen LogP contribution in [0.1, 0.15) is 18.1 Å². The van der Waals surface area contributed by atoms with Crippen molar-refractivity contribution in [1.82, 2.24) is 0 Å². The number of hydrogen-bond acceptors (Lipinski definition) is 3. The summed E-state index contributed by atoms with van der Waals surface area (Å²) in [5, 5.41) is 14.5. The third kappa shape index (κ3) is 3.48. The fourth-order valence-corrected chi connectivity index (χ4v) is 2.09. The average Bonchev–Trinajstić information content (AvgIpc) is 2.46. The van der Waals surface area contributed by atoms with Crippen molar-refractivity contribution in [2.45, 2.75) is 19.9 Å². The summed E-state index contributed by atoms with van der Waals surface area (Å²) >= 11 is 6.06. The lowest BCUT2D eigenvalue weighted by Gasteiger charge is -2.09. The van der Waals surface area contributed by atoms with Gasteiger partial charge in [-0.05, 0) is 35.7 Å². The van der Waals surface area contributed by atoms with Gasteiger partial charge >= 0.3 is 0 Å². The van der Waals surface area contributed by atoms with E-state index in [4.69, 9.17) is 11.6 Å². The van der Waals surface area contributed by atoms with Crippen LogP contribution in [0.4, 0.5) is 11.4 Å². The summed E-state index contributed by atoms with van der Waals surface area (Å²) < 4.78 is 0. The van der Waals surface area contributed by atoms with E-state index < -0.39 is 4.92 Å². The Morgan fingerprint density at radius 2 is 2.05 bits per heavy atom. The van der Waals surface area contributed by atoms with Gasteiger partial charge < -0.3 is 5.32 Å². The number of nitro benzene ring substituents is 1. The van der Waals surface area contributed by atoms with Gasteiger partial charge in [0, 0.05) is 29.4 Å². The van der Waals surface area contributed by atoms with Crippen molar-refractivity contribution in [1.29, 1.82) is 0 Å². The van der Waals surface area contributed by atoms with Gasteiger partial charge in [0.1, 0.15) is 0 Å². The van der Waals surface area contributed by atoms with E-state index >= 15 is 0 Å². The fourth-order valence-electron chi connectivity index (χ4n) is 1.91. The molecule has 0 atom stereocenters. The Morgan fingerprint density at radius 1 is 1.25 bits per heavy atom. The molecule has 5 heteroatoms. The Morgan fingerprint density at radius 3 is 2.75 bits per heavy atom. The third-order valence-corrected chi connectivity index (χ3v) is 3.43. The first kappa shape index (κ1) is 14.3. The van der Waals surface area contributed by atoms with E-state index in [1.54, 1.807) is 6.07 Å². The zero-order valence-corrected chi connectivity index (χ0v) is 11.9. The number of non-ortho nitro benzene ring substituents is 1. The van der Waals surface area contributed by atoms with Gasteiger partial charge in [0.05, 0.1) is 4.92 Å². The summed E-state index contributed by atoms with van der Waals surface area (Å²) in [6.45, 7) is 2.55. The van der Waals surface area contributed by atoms with Crippen molar-refractivity contribution >= 4 is 23.0 Å². The number of nitrogens with one attached hydrogen (secondary N) is 1. The molecule has 0 amide bonds. The van der Waals surface area contributed by atoms with Crippen LogP contribution in [0.5, 0.6) is 0 Å². The molecule has 0 saturated carbocycles. The molecule has 0 heterocycles. The quantitative estimate of drug-likeness (QED) is 0.655. The summed E-state index contributed by atoms with van der Waals surface area (Å²) in [4.78, 5) is 10.3. The van der Waals surface area contributed by atoms with Gasteiger partial charge in [-0.3, -0.25) is 10.1 Å². The second kappa shape index (κ2) is 6.39. The molecule has 2 aromatic carbocycles. The maximum atomic E-state index is 10.8. The topological polar surface area (TPSA) is 55.2 Å². The van der Waals surface area contributed by atoms with Crippen LogP contribution in [0.2, 0.25) is 5.02 Å². The van der Waals surface area contributed by atoms with Crippen LogP contribution >= 0.6 is 11.6 Å². The van der Waals surface area contributed by atoms with Crippen LogP contribution in [-0.2, 0) is 13.0 Å². The molecular formula is C15H15ClN2O2. The fraction of sp³-hybridized carbons (Fsp3) is 0.200. The van der Waals surface area contributed by atoms with Crippen LogP contribution in [0, 0.1) is 10.1 Å². The molecule has 0 aromatic heterocycles. The zero-order chi connectivity index (χ0) is 14.5. The molecule has 1 N–H and O–H groups in total. The van der Waals surface area contributed by atoms with Crippen LogP contribution in [0.15, 0.2) is 42.5 Å². The van der Waals surface area contributed by atoms with E-state index in [0.717, 1.165) is 12.1 Å². The van der Waals surface area contributed by atoms with Crippen LogP contribution in [-0.4, -0.2) is 4.92 Å². The number of rotatable bonds is 5. The number of halogens is 1. The molecule has 0 aliphatic rings. The minimum absolute atomic E-state index is 0.0495. The second-order valence-corrected chi connectivity index (χ2v) is 4.85. The zero-order valence-electron chi connectivity index (χ0n) is 11.1. The molecule has 20 heavy (non-hydrogen) atoms. The van der Waals surface area contributed by atoms with Gasteiger partial charge in [0.15, 0.2) is 0 Å². The molecular weight excluding hydrogens is 276 g/mol. The molecule has 0 fully saturated rings. The lowest BCUT2D eigenvalue weighted by molar-refractivity contribution is -0.384. The van der Waals surface area contributed by atoms with Gasteiger partial charge in [-0.2, -0.15) is 0 Å². The number of aryl methyl sites for hydroxylation is 1. The average molecular weight is 291 g/mol. The molecule has 104 valence electrons. The van der Waals surface area contributed by atoms with Gasteiger partial charge in [-0.1, -0.05) is 30.7 Å². The lowest BCUT2D eigenvalue weighted by Crippen LogP contribution is -2.01. The summed E-state index contributed by atoms with van der Waals surface area (Å²) in [7, 11) is 0. The van der Waals surface area contributed by atoms with Crippen molar-refractivity contribution < 1.29 is 4.92 Å². The third-order valence-electron chi connectivity index (χ3n) is 3.06. The maximum Gasteiger partial charge on any atom is 0.269 e. The summed E-state index contributed by atoms with van der Waals surface area (Å²) in [6, 6.07) is 12.5. The Labute approximate surface area is 122 Å². The lowest BCUT2D eigenvalue weighted by atomic mass is 10.1. The molecule has 4 nitrogen and oxygen atoms in total. The second-order valence-electron chi connectivity index (χ2n) is 4.44. The Bertz CT molecular complexity index is 629. The van der Waals surface area contributed by atoms with Gasteiger partial charge in [-0.15, -0.1) is 0 Å². The maximum absolute atomic E-state index is 10.8. The van der Waals surface area contributed by atoms with Crippen molar-refractivity contribution in [3.05, 3.63) is 68.7 Å². The molecule has 0 aliphatic carbocycles. The minimum Gasteiger partial charge on any atom is -0.381 e. The van der Waals surface area contributed by atoms with Crippen molar-refractivity contribution in [2.24, 2.45) is 0 Å². The van der Waals surface area contributed by atoms with E-state index in [1.165, 1.54) is 17.7 Å². The largest absolute Gasteiger partial charge is 0.381 e. The normalized spacial score (nSPS) is 10.3. The van der Waals surface area contributed by atoms with Crippen LogP contribution < -0.4 is 5.32 Å². The van der Waals surface area contributed by atoms with Crippen LogP contribution in [0.3, 0.4) is 0 Å². The highest BCUT2D eigenvalue weighted by Crippen LogP contribution is 2.23. The molecule has 0 unspecified atom stereocenters. The minimum atomic E-state index is -0.419. The summed E-state index contributed by atoms with van der Waals surface area (Å²) in [5.41, 5.74) is 2.98. The van der Waals surface area contributed by atoms with Gasteiger partial charge in [0.25, 0.3) is 5.69 Å². The predicted molar refractivity (Wildman–Crippen MR) is 81.3 cm³/mol. The molecule has 0 bridgehead atoms. The summed E-state index contributed by atoms with van der Waals surface area (Å²) in [6.07, 6.45) is 0.965. The SMILES string of the molecule is CCc1cccc(NCc2cc([N+](=O)[O-])ccc2Cl)c1. The number of benzene rings is 2. The Kier molecular flexibility index (Phi) is 4.58. The monoisotopic (exact) mass is 290 g/mol. The highest BCUT2D eigenvalue weighted by Gasteiger charge is 2.09. The highest BCUT2D eigenvalue weighted by molar-refractivity contribution is 6.31. The number of nitro groups is 1. The first-order chi connectivity index (χ1) is 9.60. The van der Waals surface area contributed by atoms with Crippen LogP contribution in [0.25, 0.3) is 0 Å². The van der Waals surface area contributed by atoms with Gasteiger partial charge in [-0.25, -0.2) is 0 Å². The first-order valence-electron chi connectivity index (χ1n) is 6.35. The predicted octanol–water partition coefficient (Wildman–Crippen LogP) is 4.42. The van der Waals surface area contributed by atoms with Crippen molar-refractivity contribution in [3.8, 4) is 0 Å². The van der Waals surface area contributed by atoms with Crippen molar-refractivity contribution in [3.63, 3.8) is 0 Å². The molecule has 2 aromatic rings. The molecule has 0 aliphatic heterocycles. The Balaban J connectivity index is 2.13. The summed E-state index contributed by atoms with van der Waals surface area (Å²) in [5.74, 6) is 0. The number of nitrogens with zero attached hydrogens (tertiary/aromatic N) is 1. The smallest absolute Gasteiger partial charge is 0.269 e. The standard InChI is InChI=1S/C15H15ClN2O2/c1-2-11-4-3-5-13(8-11)17-10-12-9-14(18(19)20)6-7-15(12)16/h3-9,17H,2,10H2,1H3. The number of hydrogen-bond donors (Lipinski definition) is 1. The van der Waals surface area contributed by atoms with E-state index in [2.05, 4.69) is 24.4 Å². The molecule has 0 radical (unpaired) electrons. The Hall–Kier alpha value is -2.07. The first-order valence-corrected chi connectivity index (χ1v) is 6.73.